The smallest absolute Gasteiger partial charge is 0.221 e. The van der Waals surface area contributed by atoms with E-state index in [9.17, 15) is 4.79 Å². The van der Waals surface area contributed by atoms with Crippen molar-refractivity contribution in [1.29, 1.82) is 0 Å². The Hall–Kier alpha value is -1.94. The second kappa shape index (κ2) is 5.45. The first kappa shape index (κ1) is 14.0. The van der Waals surface area contributed by atoms with E-state index in [2.05, 4.69) is 39.2 Å². The molecular formula is C16H18ClN3O. The van der Waals surface area contributed by atoms with E-state index < -0.39 is 0 Å². The molecular weight excluding hydrogens is 286 g/mol. The van der Waals surface area contributed by atoms with Gasteiger partial charge >= 0.3 is 0 Å². The molecule has 1 aliphatic heterocycles. The van der Waals surface area contributed by atoms with E-state index in [1.165, 1.54) is 12.6 Å². The van der Waals surface area contributed by atoms with Gasteiger partial charge in [0.15, 0.2) is 0 Å². The highest BCUT2D eigenvalue weighted by Gasteiger charge is 2.17. The summed E-state index contributed by atoms with van der Waals surface area (Å²) < 4.78 is 2.27. The monoisotopic (exact) mass is 303 g/mol. The zero-order chi connectivity index (χ0) is 15.0. The molecule has 21 heavy (non-hydrogen) atoms. The zero-order valence-electron chi connectivity index (χ0n) is 12.2. The minimum atomic E-state index is -0.108. The summed E-state index contributed by atoms with van der Waals surface area (Å²) >= 11 is 6.33. The molecule has 5 heteroatoms. The highest BCUT2D eigenvalue weighted by molar-refractivity contribution is 6.34. The number of amides is 1. The number of nitrogens with one attached hydrogen (secondary N) is 1. The molecule has 0 unspecified atom stereocenters. The molecule has 1 amide bonds. The van der Waals surface area contributed by atoms with E-state index in [1.807, 2.05) is 13.0 Å². The first-order valence-corrected chi connectivity index (χ1v) is 7.39. The molecule has 0 saturated carbocycles. The molecule has 0 radical (unpaired) electrons. The van der Waals surface area contributed by atoms with Crippen molar-refractivity contribution in [3.05, 3.63) is 46.7 Å². The number of hydrogen-bond acceptors (Lipinski definition) is 2. The summed E-state index contributed by atoms with van der Waals surface area (Å²) in [6.07, 6.45) is 2.12. The van der Waals surface area contributed by atoms with Crippen LogP contribution in [0.4, 0.5) is 11.4 Å². The lowest BCUT2D eigenvalue weighted by Crippen LogP contribution is -2.33. The Bertz CT molecular complexity index is 670. The van der Waals surface area contributed by atoms with Gasteiger partial charge in [0, 0.05) is 37.6 Å². The lowest BCUT2D eigenvalue weighted by Gasteiger charge is -2.31. The van der Waals surface area contributed by atoms with Gasteiger partial charge in [-0.2, -0.15) is 0 Å². The Labute approximate surface area is 129 Å². The fraction of sp³-hybridized carbons (Fsp3) is 0.312. The van der Waals surface area contributed by atoms with Gasteiger partial charge in [0.1, 0.15) is 0 Å². The van der Waals surface area contributed by atoms with Crippen LogP contribution >= 0.6 is 11.6 Å². The van der Waals surface area contributed by atoms with Crippen molar-refractivity contribution in [3.8, 4) is 0 Å². The first-order valence-electron chi connectivity index (χ1n) is 7.01. The zero-order valence-corrected chi connectivity index (χ0v) is 12.9. The molecule has 1 N–H and O–H groups in total. The highest BCUT2D eigenvalue weighted by atomic mass is 35.5. The number of halogens is 1. The second-order valence-corrected chi connectivity index (χ2v) is 5.82. The van der Waals surface area contributed by atoms with E-state index in [1.54, 1.807) is 0 Å². The number of rotatable bonds is 2. The number of carbonyl (C=O) groups is 1. The molecule has 0 saturated heterocycles. The van der Waals surface area contributed by atoms with E-state index in [4.69, 9.17) is 11.6 Å². The van der Waals surface area contributed by atoms with Crippen LogP contribution in [-0.2, 0) is 17.9 Å². The van der Waals surface area contributed by atoms with Crippen LogP contribution in [0.25, 0.3) is 0 Å². The van der Waals surface area contributed by atoms with E-state index >= 15 is 0 Å². The molecule has 110 valence electrons. The number of benzene rings is 1. The molecule has 1 aliphatic rings. The van der Waals surface area contributed by atoms with Crippen LogP contribution in [0.3, 0.4) is 0 Å². The van der Waals surface area contributed by atoms with E-state index in [-0.39, 0.29) is 5.91 Å². The molecule has 2 heterocycles. The van der Waals surface area contributed by atoms with Gasteiger partial charge in [0.2, 0.25) is 5.91 Å². The minimum absolute atomic E-state index is 0.108. The molecule has 2 aromatic rings. The summed E-state index contributed by atoms with van der Waals surface area (Å²) in [6, 6.07) is 8.23. The van der Waals surface area contributed by atoms with Gasteiger partial charge in [0.05, 0.1) is 17.3 Å². The number of fused-ring (bicyclic) bond motifs is 1. The SMILES string of the molecule is CC(=O)Nc1c(C)cc(N2CCn3cccc3C2)cc1Cl. The van der Waals surface area contributed by atoms with Crippen molar-refractivity contribution in [3.63, 3.8) is 0 Å². The fourth-order valence-corrected chi connectivity index (χ4v) is 3.09. The van der Waals surface area contributed by atoms with Gasteiger partial charge in [-0.05, 0) is 36.8 Å². The molecule has 1 aromatic carbocycles. The topological polar surface area (TPSA) is 37.3 Å². The number of anilines is 2. The minimum Gasteiger partial charge on any atom is -0.364 e. The summed E-state index contributed by atoms with van der Waals surface area (Å²) in [6.45, 7) is 6.27. The summed E-state index contributed by atoms with van der Waals surface area (Å²) in [5.41, 5.74) is 4.09. The number of hydrogen-bond donors (Lipinski definition) is 1. The van der Waals surface area contributed by atoms with Crippen molar-refractivity contribution in [2.24, 2.45) is 0 Å². The molecule has 0 spiro atoms. The van der Waals surface area contributed by atoms with Crippen LogP contribution in [-0.4, -0.2) is 17.0 Å². The Morgan fingerprint density at radius 1 is 1.33 bits per heavy atom. The number of carbonyl (C=O) groups excluding carboxylic acids is 1. The van der Waals surface area contributed by atoms with Crippen molar-refractivity contribution in [1.82, 2.24) is 4.57 Å². The van der Waals surface area contributed by atoms with Crippen LogP contribution in [0, 0.1) is 6.92 Å². The Balaban J connectivity index is 1.89. The van der Waals surface area contributed by atoms with Gasteiger partial charge in [-0.25, -0.2) is 0 Å². The predicted molar refractivity (Wildman–Crippen MR) is 86.0 cm³/mol. The summed E-state index contributed by atoms with van der Waals surface area (Å²) in [4.78, 5) is 13.5. The van der Waals surface area contributed by atoms with Crippen molar-refractivity contribution in [2.75, 3.05) is 16.8 Å². The molecule has 0 atom stereocenters. The predicted octanol–water partition coefficient (Wildman–Crippen LogP) is 3.43. The average Bonchev–Trinajstić information content (AvgIpc) is 2.89. The maximum atomic E-state index is 11.2. The largest absolute Gasteiger partial charge is 0.364 e. The van der Waals surface area contributed by atoms with Crippen LogP contribution in [0.15, 0.2) is 30.5 Å². The third-order valence-corrected chi connectivity index (χ3v) is 4.12. The lowest BCUT2D eigenvalue weighted by atomic mass is 10.1. The third kappa shape index (κ3) is 2.76. The van der Waals surface area contributed by atoms with E-state index in [0.29, 0.717) is 10.7 Å². The van der Waals surface area contributed by atoms with Crippen LogP contribution in [0.5, 0.6) is 0 Å². The lowest BCUT2D eigenvalue weighted by molar-refractivity contribution is -0.114. The second-order valence-electron chi connectivity index (χ2n) is 5.42. The van der Waals surface area contributed by atoms with Crippen LogP contribution in [0.2, 0.25) is 5.02 Å². The highest BCUT2D eigenvalue weighted by Crippen LogP contribution is 2.32. The standard InChI is InChI=1S/C16H18ClN3O/c1-11-8-14(9-15(17)16(11)18-12(2)21)20-7-6-19-5-3-4-13(19)10-20/h3-5,8-9H,6-7,10H2,1-2H3,(H,18,21). The van der Waals surface area contributed by atoms with Crippen LogP contribution < -0.4 is 10.2 Å². The van der Waals surface area contributed by atoms with Crippen molar-refractivity contribution < 1.29 is 4.79 Å². The summed E-state index contributed by atoms with van der Waals surface area (Å²) in [5.74, 6) is -0.108. The Kier molecular flexibility index (Phi) is 3.64. The molecule has 1 aromatic heterocycles. The fourth-order valence-electron chi connectivity index (χ4n) is 2.78. The summed E-state index contributed by atoms with van der Waals surface area (Å²) in [7, 11) is 0. The van der Waals surface area contributed by atoms with Gasteiger partial charge < -0.3 is 14.8 Å². The normalized spacial score (nSPS) is 14.0. The number of aryl methyl sites for hydroxylation is 1. The maximum Gasteiger partial charge on any atom is 0.221 e. The molecule has 0 fully saturated rings. The van der Waals surface area contributed by atoms with Gasteiger partial charge in [-0.3, -0.25) is 4.79 Å². The van der Waals surface area contributed by atoms with E-state index in [0.717, 1.165) is 30.9 Å². The first-order chi connectivity index (χ1) is 10.0. The summed E-state index contributed by atoms with van der Waals surface area (Å²) in [5, 5.41) is 3.37. The third-order valence-electron chi connectivity index (χ3n) is 3.83. The number of aromatic nitrogens is 1. The van der Waals surface area contributed by atoms with Gasteiger partial charge in [-0.15, -0.1) is 0 Å². The molecule has 4 nitrogen and oxygen atoms in total. The Morgan fingerprint density at radius 2 is 2.14 bits per heavy atom. The van der Waals surface area contributed by atoms with Crippen molar-refractivity contribution in [2.45, 2.75) is 26.9 Å². The quantitative estimate of drug-likeness (QED) is 0.923. The molecule has 3 rings (SSSR count). The molecule has 0 bridgehead atoms. The average molecular weight is 304 g/mol. The maximum absolute atomic E-state index is 11.2. The Morgan fingerprint density at radius 3 is 2.86 bits per heavy atom. The van der Waals surface area contributed by atoms with Gasteiger partial charge in [0.25, 0.3) is 0 Å². The van der Waals surface area contributed by atoms with Crippen LogP contribution in [0.1, 0.15) is 18.2 Å². The van der Waals surface area contributed by atoms with Crippen molar-refractivity contribution >= 4 is 28.9 Å². The number of nitrogens with zero attached hydrogens (tertiary/aromatic N) is 2. The van der Waals surface area contributed by atoms with Gasteiger partial charge in [-0.1, -0.05) is 11.6 Å². The molecule has 0 aliphatic carbocycles.